The van der Waals surface area contributed by atoms with Gasteiger partial charge in [0.15, 0.2) is 5.78 Å². The van der Waals surface area contributed by atoms with Gasteiger partial charge in [-0.15, -0.1) is 0 Å². The van der Waals surface area contributed by atoms with Crippen LogP contribution in [-0.2, 0) is 6.18 Å². The number of hydrogen-bond donors (Lipinski definition) is 2. The van der Waals surface area contributed by atoms with E-state index in [9.17, 15) is 31.5 Å². The number of rotatable bonds is 3. The van der Waals surface area contributed by atoms with Gasteiger partial charge < -0.3 is 10.3 Å². The Labute approximate surface area is 148 Å². The van der Waals surface area contributed by atoms with Gasteiger partial charge in [-0.3, -0.25) is 9.59 Å². The van der Waals surface area contributed by atoms with Gasteiger partial charge in [-0.05, 0) is 43.3 Å². The summed E-state index contributed by atoms with van der Waals surface area (Å²) in [5.74, 6) is -2.90. The van der Waals surface area contributed by atoms with Gasteiger partial charge in [0.2, 0.25) is 5.43 Å². The predicted octanol–water partition coefficient (Wildman–Crippen LogP) is 4.77. The average molecular weight is 382 g/mol. The van der Waals surface area contributed by atoms with E-state index in [2.05, 4.69) is 10.3 Å². The van der Waals surface area contributed by atoms with Gasteiger partial charge in [0.05, 0.1) is 16.5 Å². The molecule has 3 rings (SSSR count). The largest absolute Gasteiger partial charge is 0.416 e. The number of fused-ring (bicyclic) bond motifs is 1. The molecule has 2 aromatic carbocycles. The number of carbonyl (C=O) groups is 1. The molecule has 0 spiro atoms. The Morgan fingerprint density at radius 2 is 1.59 bits per heavy atom. The number of pyridine rings is 1. The summed E-state index contributed by atoms with van der Waals surface area (Å²) in [6.45, 7) is 1.06. The van der Waals surface area contributed by atoms with Crippen molar-refractivity contribution in [3.63, 3.8) is 0 Å². The third-order valence-electron chi connectivity index (χ3n) is 3.89. The number of carbonyl (C=O) groups excluding carboxylic acids is 1. The molecule has 0 amide bonds. The lowest BCUT2D eigenvalue weighted by atomic mass is 10.1. The number of hydrogen-bond acceptors (Lipinski definition) is 3. The van der Waals surface area contributed by atoms with E-state index >= 15 is 0 Å². The maximum Gasteiger partial charge on any atom is 0.416 e. The molecule has 4 nitrogen and oxygen atoms in total. The monoisotopic (exact) mass is 382 g/mol. The predicted molar refractivity (Wildman–Crippen MR) is 89.2 cm³/mol. The minimum Gasteiger partial charge on any atom is -0.341 e. The van der Waals surface area contributed by atoms with E-state index in [-0.39, 0.29) is 11.5 Å². The van der Waals surface area contributed by atoms with Crippen molar-refractivity contribution in [2.24, 2.45) is 0 Å². The summed E-state index contributed by atoms with van der Waals surface area (Å²) in [7, 11) is 0. The van der Waals surface area contributed by atoms with Crippen LogP contribution >= 0.6 is 0 Å². The van der Waals surface area contributed by atoms with E-state index in [0.29, 0.717) is 0 Å². The number of ketones is 1. The third-order valence-corrected chi connectivity index (χ3v) is 3.89. The summed E-state index contributed by atoms with van der Waals surface area (Å²) in [6, 6.07) is 5.33. The van der Waals surface area contributed by atoms with E-state index in [0.717, 1.165) is 43.3 Å². The molecule has 27 heavy (non-hydrogen) atoms. The standard InChI is InChI=1S/C18H11F5N2O2/c1-8(26)13-16(27)14-11(19)6-7-12(20)15(14)25-17(13)24-10-4-2-9(3-5-10)18(21,22)23/h2-7H,1H3,(H2,24,25,27). The first-order valence-corrected chi connectivity index (χ1v) is 7.59. The lowest BCUT2D eigenvalue weighted by molar-refractivity contribution is -0.137. The number of aromatic amines is 1. The van der Waals surface area contributed by atoms with E-state index in [4.69, 9.17) is 0 Å². The molecule has 3 aromatic rings. The first-order valence-electron chi connectivity index (χ1n) is 7.59. The zero-order valence-electron chi connectivity index (χ0n) is 13.7. The van der Waals surface area contributed by atoms with Gasteiger partial charge in [0.25, 0.3) is 0 Å². The van der Waals surface area contributed by atoms with Crippen molar-refractivity contribution in [3.8, 4) is 0 Å². The summed E-state index contributed by atoms with van der Waals surface area (Å²) < 4.78 is 65.9. The van der Waals surface area contributed by atoms with Gasteiger partial charge in [0.1, 0.15) is 23.0 Å². The molecule has 0 aliphatic heterocycles. The first-order chi connectivity index (χ1) is 12.6. The van der Waals surface area contributed by atoms with Crippen LogP contribution in [0.4, 0.5) is 33.5 Å². The highest BCUT2D eigenvalue weighted by molar-refractivity contribution is 6.02. The highest BCUT2D eigenvalue weighted by Gasteiger charge is 2.30. The number of H-pyrrole nitrogens is 1. The second kappa shape index (κ2) is 6.49. The highest BCUT2D eigenvalue weighted by Crippen LogP contribution is 2.31. The van der Waals surface area contributed by atoms with Gasteiger partial charge in [0, 0.05) is 5.69 Å². The first kappa shape index (κ1) is 18.6. The second-order valence-electron chi connectivity index (χ2n) is 5.74. The maximum atomic E-state index is 14.0. The molecule has 1 heterocycles. The normalized spacial score (nSPS) is 11.6. The lowest BCUT2D eigenvalue weighted by Gasteiger charge is -2.13. The quantitative estimate of drug-likeness (QED) is 0.507. The summed E-state index contributed by atoms with van der Waals surface area (Å²) in [6.07, 6.45) is -4.53. The van der Waals surface area contributed by atoms with Crippen LogP contribution in [0.3, 0.4) is 0 Å². The van der Waals surface area contributed by atoms with Crippen LogP contribution < -0.4 is 10.7 Å². The number of halogens is 5. The molecule has 0 radical (unpaired) electrons. The molecule has 0 aliphatic carbocycles. The molecule has 0 bridgehead atoms. The Morgan fingerprint density at radius 1 is 1.00 bits per heavy atom. The third kappa shape index (κ3) is 3.40. The fourth-order valence-corrected chi connectivity index (χ4v) is 2.64. The van der Waals surface area contributed by atoms with Gasteiger partial charge >= 0.3 is 6.18 Å². The Kier molecular flexibility index (Phi) is 4.46. The van der Waals surface area contributed by atoms with Crippen LogP contribution in [0.25, 0.3) is 10.9 Å². The summed E-state index contributed by atoms with van der Waals surface area (Å²) >= 11 is 0. The second-order valence-corrected chi connectivity index (χ2v) is 5.74. The Bertz CT molecular complexity index is 1100. The van der Waals surface area contributed by atoms with E-state index in [1.165, 1.54) is 0 Å². The molecule has 0 atom stereocenters. The minimum atomic E-state index is -4.53. The topological polar surface area (TPSA) is 62.0 Å². The molecular weight excluding hydrogens is 371 g/mol. The fraction of sp³-hybridized carbons (Fsp3) is 0.111. The van der Waals surface area contributed by atoms with Crippen LogP contribution in [0.1, 0.15) is 22.8 Å². The SMILES string of the molecule is CC(=O)c1c(Nc2ccc(C(F)(F)F)cc2)[nH]c2c(F)ccc(F)c2c1=O. The van der Waals surface area contributed by atoms with Gasteiger partial charge in [-0.1, -0.05) is 0 Å². The summed E-state index contributed by atoms with van der Waals surface area (Å²) in [4.78, 5) is 26.8. The van der Waals surface area contributed by atoms with Crippen LogP contribution in [0.5, 0.6) is 0 Å². The average Bonchev–Trinajstić information content (AvgIpc) is 2.57. The number of anilines is 2. The van der Waals surface area contributed by atoms with Crippen molar-refractivity contribution in [3.05, 3.63) is 69.4 Å². The zero-order valence-corrected chi connectivity index (χ0v) is 13.7. The van der Waals surface area contributed by atoms with E-state index in [1.807, 2.05) is 0 Å². The number of alkyl halides is 3. The van der Waals surface area contributed by atoms with Gasteiger partial charge in [-0.2, -0.15) is 13.2 Å². The van der Waals surface area contributed by atoms with Gasteiger partial charge in [-0.25, -0.2) is 8.78 Å². The number of benzene rings is 2. The summed E-state index contributed by atoms with van der Waals surface area (Å²) in [5, 5.41) is 1.97. The van der Waals surface area contributed by atoms with Crippen molar-refractivity contribution < 1.29 is 26.7 Å². The Hall–Kier alpha value is -3.23. The molecule has 0 saturated carbocycles. The molecular formula is C18H11F5N2O2. The van der Waals surface area contributed by atoms with Crippen LogP contribution in [0.2, 0.25) is 0 Å². The van der Waals surface area contributed by atoms with E-state index < -0.39 is 51.1 Å². The zero-order chi connectivity index (χ0) is 19.9. The molecule has 0 fully saturated rings. The van der Waals surface area contributed by atoms with Crippen molar-refractivity contribution >= 4 is 28.2 Å². The molecule has 0 saturated heterocycles. The Morgan fingerprint density at radius 3 is 2.15 bits per heavy atom. The molecule has 9 heteroatoms. The number of aromatic nitrogens is 1. The highest BCUT2D eigenvalue weighted by atomic mass is 19.4. The molecule has 0 unspecified atom stereocenters. The molecule has 2 N–H and O–H groups in total. The lowest BCUT2D eigenvalue weighted by Crippen LogP contribution is -2.19. The Balaban J connectivity index is 2.16. The smallest absolute Gasteiger partial charge is 0.341 e. The fourth-order valence-electron chi connectivity index (χ4n) is 2.64. The summed E-state index contributed by atoms with van der Waals surface area (Å²) in [5.41, 5.74) is -2.73. The molecule has 0 aliphatic rings. The number of Topliss-reactive ketones (excluding diaryl/α,β-unsaturated/α-hetero) is 1. The van der Waals surface area contributed by atoms with Crippen molar-refractivity contribution in [1.29, 1.82) is 0 Å². The van der Waals surface area contributed by atoms with Crippen molar-refractivity contribution in [2.45, 2.75) is 13.1 Å². The van der Waals surface area contributed by atoms with Crippen LogP contribution in [0.15, 0.2) is 41.2 Å². The number of nitrogens with one attached hydrogen (secondary N) is 2. The van der Waals surface area contributed by atoms with Crippen LogP contribution in [0, 0.1) is 11.6 Å². The minimum absolute atomic E-state index is 0.109. The maximum absolute atomic E-state index is 14.0. The molecule has 140 valence electrons. The van der Waals surface area contributed by atoms with Crippen LogP contribution in [-0.4, -0.2) is 10.8 Å². The van der Waals surface area contributed by atoms with E-state index in [1.54, 1.807) is 0 Å². The van der Waals surface area contributed by atoms with Crippen molar-refractivity contribution in [2.75, 3.05) is 5.32 Å². The molecule has 1 aromatic heterocycles. The van der Waals surface area contributed by atoms with Crippen molar-refractivity contribution in [1.82, 2.24) is 4.98 Å².